The zero-order chi connectivity index (χ0) is 12.2. The van der Waals surface area contributed by atoms with E-state index < -0.39 is 47.0 Å². The quantitative estimate of drug-likeness (QED) is 0.324. The van der Waals surface area contributed by atoms with Crippen molar-refractivity contribution in [3.63, 3.8) is 0 Å². The first-order valence-electron chi connectivity index (χ1n) is 4.27. The van der Waals surface area contributed by atoms with Gasteiger partial charge in [0.15, 0.2) is 6.10 Å². The van der Waals surface area contributed by atoms with Gasteiger partial charge in [-0.15, -0.1) is 0 Å². The average Bonchev–Trinajstić information content (AvgIpc) is 2.23. The molecule has 0 aliphatic carbocycles. The van der Waals surface area contributed by atoms with Gasteiger partial charge < -0.3 is 25.5 Å². The van der Waals surface area contributed by atoms with Gasteiger partial charge in [-0.05, 0) is 0 Å². The third kappa shape index (κ3) is 4.06. The van der Waals surface area contributed by atoms with Crippen LogP contribution in [0.1, 0.15) is 0 Å². The second-order valence-corrected chi connectivity index (χ2v) is 5.35. The van der Waals surface area contributed by atoms with Crippen LogP contribution in [0.25, 0.3) is 0 Å². The number of hydrogen-bond donors (Lipinski definition) is 5. The van der Waals surface area contributed by atoms with Crippen molar-refractivity contribution >= 4 is 16.0 Å². The first-order valence-corrected chi connectivity index (χ1v) is 6.31. The lowest BCUT2D eigenvalue weighted by Gasteiger charge is -2.23. The van der Waals surface area contributed by atoms with Gasteiger partial charge >= 0.3 is 5.12 Å². The van der Waals surface area contributed by atoms with Crippen LogP contribution >= 0.6 is 0 Å². The lowest BCUT2D eigenvalue weighted by Crippen LogP contribution is -2.49. The number of rotatable bonds is 5. The molecule has 0 saturated heterocycles. The predicted octanol–water partition coefficient (Wildman–Crippen LogP) is -3.17. The van der Waals surface area contributed by atoms with Crippen molar-refractivity contribution in [1.82, 2.24) is 0 Å². The smallest absolute Gasteiger partial charge is 0.361 e. The number of carbonyl (C=O) groups is 1. The Hall–Kier alpha value is -0.180. The highest BCUT2D eigenvalue weighted by atomic mass is 32.2. The summed E-state index contributed by atoms with van der Waals surface area (Å²) in [5, 5.41) is 44.7. The van der Waals surface area contributed by atoms with Gasteiger partial charge in [0, 0.05) is 0 Å². The van der Waals surface area contributed by atoms with E-state index >= 15 is 0 Å². The minimum Gasteiger partial charge on any atom is -0.394 e. The molecule has 0 bridgehead atoms. The molecule has 7 heteroatoms. The Morgan fingerprint density at radius 1 is 1.13 bits per heavy atom. The zero-order valence-corrected chi connectivity index (χ0v) is 9.39. The fourth-order valence-electron chi connectivity index (χ4n) is 0.903. The zero-order valence-electron chi connectivity index (χ0n) is 8.57. The molecule has 15 heavy (non-hydrogen) atoms. The van der Waals surface area contributed by atoms with E-state index in [4.69, 9.17) is 10.2 Å². The molecule has 0 amide bonds. The summed E-state index contributed by atoms with van der Waals surface area (Å²) < 4.78 is 0. The van der Waals surface area contributed by atoms with Gasteiger partial charge in [0.1, 0.15) is 30.8 Å². The SMILES string of the molecule is C[S+](C)C(=O)[C@H](O)[C@@H](O)[C@H](O)[C@H](O)CO. The predicted molar refractivity (Wildman–Crippen MR) is 55.3 cm³/mol. The maximum atomic E-state index is 11.2. The maximum Gasteiger partial charge on any atom is 0.361 e. The molecule has 0 heterocycles. The molecule has 4 atom stereocenters. The summed E-state index contributed by atoms with van der Waals surface area (Å²) in [7, 11) is -0.747. The number of carbonyl (C=O) groups excluding carboxylic acids is 1. The van der Waals surface area contributed by atoms with Crippen molar-refractivity contribution in [2.45, 2.75) is 24.4 Å². The van der Waals surface area contributed by atoms with E-state index in [1.54, 1.807) is 12.5 Å². The highest BCUT2D eigenvalue weighted by Gasteiger charge is 2.39. The van der Waals surface area contributed by atoms with Gasteiger partial charge in [-0.2, -0.15) is 0 Å². The first-order chi connectivity index (χ1) is 6.82. The van der Waals surface area contributed by atoms with E-state index in [0.29, 0.717) is 0 Å². The molecule has 0 aliphatic rings. The molecule has 0 aromatic heterocycles. The van der Waals surface area contributed by atoms with Gasteiger partial charge in [0.25, 0.3) is 0 Å². The molecule has 5 N–H and O–H groups in total. The van der Waals surface area contributed by atoms with Crippen molar-refractivity contribution in [2.75, 3.05) is 19.1 Å². The molecule has 0 radical (unpaired) electrons. The molecular formula is C8H17O6S+. The lowest BCUT2D eigenvalue weighted by atomic mass is 10.0. The van der Waals surface area contributed by atoms with E-state index in [1.807, 2.05) is 0 Å². The molecular weight excluding hydrogens is 224 g/mol. The molecule has 0 aromatic rings. The van der Waals surface area contributed by atoms with Crippen LogP contribution in [-0.4, -0.2) is 74.2 Å². The van der Waals surface area contributed by atoms with Crippen LogP contribution in [0.2, 0.25) is 0 Å². The number of aliphatic hydroxyl groups excluding tert-OH is 5. The van der Waals surface area contributed by atoms with E-state index in [-0.39, 0.29) is 0 Å². The van der Waals surface area contributed by atoms with Gasteiger partial charge in [-0.25, -0.2) is 4.79 Å². The highest BCUT2D eigenvalue weighted by Crippen LogP contribution is 2.08. The Bertz CT molecular complexity index is 209. The van der Waals surface area contributed by atoms with Crippen LogP contribution in [0.4, 0.5) is 0 Å². The number of aliphatic hydroxyl groups is 5. The Kier molecular flexibility index (Phi) is 6.34. The first kappa shape index (κ1) is 14.8. The van der Waals surface area contributed by atoms with Crippen molar-refractivity contribution in [3.05, 3.63) is 0 Å². The van der Waals surface area contributed by atoms with Crippen LogP contribution in [0, 0.1) is 0 Å². The fraction of sp³-hybridized carbons (Fsp3) is 0.875. The maximum absolute atomic E-state index is 11.2. The third-order valence-electron chi connectivity index (χ3n) is 1.90. The highest BCUT2D eigenvalue weighted by molar-refractivity contribution is 8.09. The minimum absolute atomic E-state index is 0.605. The Labute approximate surface area is 90.5 Å². The normalized spacial score (nSPS) is 19.7. The van der Waals surface area contributed by atoms with E-state index in [2.05, 4.69) is 0 Å². The molecule has 90 valence electrons. The molecule has 0 saturated carbocycles. The Morgan fingerprint density at radius 3 is 1.93 bits per heavy atom. The summed E-state index contributed by atoms with van der Waals surface area (Å²) in [4.78, 5) is 11.2. The topological polar surface area (TPSA) is 118 Å². The monoisotopic (exact) mass is 241 g/mol. The Balaban J connectivity index is 4.43. The van der Waals surface area contributed by atoms with Crippen LogP contribution in [0.15, 0.2) is 0 Å². The van der Waals surface area contributed by atoms with E-state index in [0.717, 1.165) is 0 Å². The van der Waals surface area contributed by atoms with E-state index in [9.17, 15) is 20.1 Å². The molecule has 0 aliphatic heterocycles. The second kappa shape index (κ2) is 6.41. The molecule has 0 rings (SSSR count). The lowest BCUT2D eigenvalue weighted by molar-refractivity contribution is -0.139. The summed E-state index contributed by atoms with van der Waals surface area (Å²) in [6.07, 6.45) is -3.76. The summed E-state index contributed by atoms with van der Waals surface area (Å²) in [5.41, 5.74) is 0. The number of hydrogen-bond acceptors (Lipinski definition) is 6. The average molecular weight is 241 g/mol. The summed E-state index contributed by atoms with van der Waals surface area (Å²) >= 11 is 0. The Morgan fingerprint density at radius 2 is 1.60 bits per heavy atom. The van der Waals surface area contributed by atoms with Crippen LogP contribution in [0.3, 0.4) is 0 Å². The summed E-state index contributed by atoms with van der Waals surface area (Å²) in [5.74, 6) is 0. The minimum atomic E-state index is -1.80. The van der Waals surface area contributed by atoms with E-state index in [1.165, 1.54) is 0 Å². The molecule has 0 spiro atoms. The largest absolute Gasteiger partial charge is 0.394 e. The third-order valence-corrected chi connectivity index (χ3v) is 2.94. The second-order valence-electron chi connectivity index (χ2n) is 3.31. The van der Waals surface area contributed by atoms with Crippen LogP contribution in [0.5, 0.6) is 0 Å². The van der Waals surface area contributed by atoms with Crippen molar-refractivity contribution in [3.8, 4) is 0 Å². The molecule has 0 fully saturated rings. The van der Waals surface area contributed by atoms with Gasteiger partial charge in [0.05, 0.1) is 17.5 Å². The summed E-state index contributed by atoms with van der Waals surface area (Å²) in [6, 6.07) is 0. The molecule has 6 nitrogen and oxygen atoms in total. The standard InChI is InChI=1S/C8H17O6S/c1-15(2)8(14)7(13)6(12)5(11)4(10)3-9/h4-7,9-13H,3H2,1-2H3/q+1/t4-,5-,6+,7-/m1/s1. The fourth-order valence-corrected chi connectivity index (χ4v) is 1.53. The van der Waals surface area contributed by atoms with Crippen molar-refractivity contribution < 1.29 is 30.3 Å². The molecule has 0 unspecified atom stereocenters. The van der Waals surface area contributed by atoms with Crippen molar-refractivity contribution in [1.29, 1.82) is 0 Å². The van der Waals surface area contributed by atoms with Crippen molar-refractivity contribution in [2.24, 2.45) is 0 Å². The van der Waals surface area contributed by atoms with Crippen LogP contribution < -0.4 is 0 Å². The molecule has 0 aromatic carbocycles. The van der Waals surface area contributed by atoms with Gasteiger partial charge in [-0.1, -0.05) is 0 Å². The van der Waals surface area contributed by atoms with Gasteiger partial charge in [0.2, 0.25) is 0 Å². The van der Waals surface area contributed by atoms with Crippen LogP contribution in [-0.2, 0) is 15.7 Å². The summed E-state index contributed by atoms with van der Waals surface area (Å²) in [6.45, 7) is -0.761. The van der Waals surface area contributed by atoms with Gasteiger partial charge in [-0.3, -0.25) is 0 Å².